The third-order valence-corrected chi connectivity index (χ3v) is 4.84. The van der Waals surface area contributed by atoms with E-state index in [-0.39, 0.29) is 16.3 Å². The van der Waals surface area contributed by atoms with E-state index in [1.165, 1.54) is 24.3 Å². The molecule has 3 aromatic carbocycles. The van der Waals surface area contributed by atoms with Crippen LogP contribution in [0.25, 0.3) is 0 Å². The Hall–Kier alpha value is -3.13. The van der Waals surface area contributed by atoms with Gasteiger partial charge in [0, 0.05) is 33.4 Å². The highest BCUT2D eigenvalue weighted by Crippen LogP contribution is 2.28. The number of nitro groups is 1. The lowest BCUT2D eigenvalue weighted by Crippen LogP contribution is -2.26. The zero-order valence-electron chi connectivity index (χ0n) is 15.6. The molecule has 0 saturated heterocycles. The van der Waals surface area contributed by atoms with Gasteiger partial charge in [-0.2, -0.15) is 0 Å². The van der Waals surface area contributed by atoms with E-state index in [4.69, 9.17) is 39.5 Å². The van der Waals surface area contributed by atoms with E-state index in [2.05, 4.69) is 5.32 Å². The van der Waals surface area contributed by atoms with Crippen molar-refractivity contribution in [2.24, 2.45) is 0 Å². The first-order valence-corrected chi connectivity index (χ1v) is 9.85. The first-order chi connectivity index (χ1) is 14.7. The Morgan fingerprint density at radius 1 is 0.935 bits per heavy atom. The number of hydrogen-bond acceptors (Lipinski definition) is 5. The van der Waals surface area contributed by atoms with Crippen molar-refractivity contribution in [3.05, 3.63) is 103 Å². The number of rotatable bonds is 6. The minimum absolute atomic E-state index is 0.0514. The fourth-order valence-corrected chi connectivity index (χ4v) is 3.41. The van der Waals surface area contributed by atoms with E-state index in [9.17, 15) is 19.7 Å². The highest BCUT2D eigenvalue weighted by Gasteiger charge is 2.28. The van der Waals surface area contributed by atoms with Crippen LogP contribution in [0.2, 0.25) is 15.1 Å². The van der Waals surface area contributed by atoms with Crippen molar-refractivity contribution in [3.8, 4) is 0 Å². The van der Waals surface area contributed by atoms with Crippen molar-refractivity contribution < 1.29 is 19.2 Å². The van der Waals surface area contributed by atoms with Gasteiger partial charge in [0.1, 0.15) is 0 Å². The van der Waals surface area contributed by atoms with E-state index in [0.29, 0.717) is 21.3 Å². The van der Waals surface area contributed by atoms with Gasteiger partial charge in [0.25, 0.3) is 11.6 Å². The maximum absolute atomic E-state index is 12.9. The molecule has 1 unspecified atom stereocenters. The van der Waals surface area contributed by atoms with E-state index < -0.39 is 22.9 Å². The zero-order valence-corrected chi connectivity index (χ0v) is 17.8. The van der Waals surface area contributed by atoms with Crippen LogP contribution >= 0.6 is 34.8 Å². The molecular weight excluding hydrogens is 467 g/mol. The average Bonchev–Trinajstić information content (AvgIpc) is 2.71. The van der Waals surface area contributed by atoms with Crippen LogP contribution in [0.4, 0.5) is 11.4 Å². The number of carbonyl (C=O) groups is 2. The van der Waals surface area contributed by atoms with Crippen LogP contribution in [0.15, 0.2) is 66.7 Å². The summed E-state index contributed by atoms with van der Waals surface area (Å²) < 4.78 is 5.41. The standard InChI is InChI=1S/C21H13Cl3N2O5/c22-13-8-14(23)10-15(9-13)25-20(27)19(12-4-2-1-3-5-12)31-21(28)17-11-16(26(29)30)6-7-18(17)24/h1-11,19H,(H,25,27). The third-order valence-electron chi connectivity index (χ3n) is 4.08. The van der Waals surface area contributed by atoms with E-state index in [1.807, 2.05) is 0 Å². The van der Waals surface area contributed by atoms with Crippen molar-refractivity contribution >= 4 is 58.1 Å². The fourth-order valence-electron chi connectivity index (χ4n) is 2.69. The number of amides is 1. The number of nitrogens with one attached hydrogen (secondary N) is 1. The van der Waals surface area contributed by atoms with Crippen LogP contribution in [0, 0.1) is 10.1 Å². The lowest BCUT2D eigenvalue weighted by Gasteiger charge is -2.18. The van der Waals surface area contributed by atoms with Crippen LogP contribution in [-0.2, 0) is 9.53 Å². The van der Waals surface area contributed by atoms with E-state index in [0.717, 1.165) is 12.1 Å². The van der Waals surface area contributed by atoms with Gasteiger partial charge in [-0.15, -0.1) is 0 Å². The first-order valence-electron chi connectivity index (χ1n) is 8.71. The number of halogens is 3. The molecule has 0 radical (unpaired) electrons. The van der Waals surface area contributed by atoms with Crippen LogP contribution in [0.3, 0.4) is 0 Å². The summed E-state index contributed by atoms with van der Waals surface area (Å²) in [7, 11) is 0. The predicted octanol–water partition coefficient (Wildman–Crippen LogP) is 6.09. The molecule has 1 N–H and O–H groups in total. The predicted molar refractivity (Wildman–Crippen MR) is 118 cm³/mol. The van der Waals surface area contributed by atoms with Gasteiger partial charge in [-0.3, -0.25) is 14.9 Å². The Kier molecular flexibility index (Phi) is 7.12. The Bertz CT molecular complexity index is 1130. The van der Waals surface area contributed by atoms with Crippen molar-refractivity contribution in [1.29, 1.82) is 0 Å². The Morgan fingerprint density at radius 2 is 1.58 bits per heavy atom. The summed E-state index contributed by atoms with van der Waals surface area (Å²) in [5.74, 6) is -1.68. The zero-order chi connectivity index (χ0) is 22.5. The third kappa shape index (κ3) is 5.73. The molecule has 0 spiro atoms. The van der Waals surface area contributed by atoms with Gasteiger partial charge in [0.2, 0.25) is 6.10 Å². The molecule has 31 heavy (non-hydrogen) atoms. The van der Waals surface area contributed by atoms with Gasteiger partial charge in [-0.1, -0.05) is 65.1 Å². The molecule has 0 saturated carbocycles. The molecule has 7 nitrogen and oxygen atoms in total. The molecule has 0 aliphatic rings. The average molecular weight is 480 g/mol. The number of carbonyl (C=O) groups excluding carboxylic acids is 2. The monoisotopic (exact) mass is 478 g/mol. The normalized spacial score (nSPS) is 11.5. The summed E-state index contributed by atoms with van der Waals surface area (Å²) in [5.41, 5.74) is 0.0944. The lowest BCUT2D eigenvalue weighted by molar-refractivity contribution is -0.384. The van der Waals surface area contributed by atoms with E-state index >= 15 is 0 Å². The fraction of sp³-hybridized carbons (Fsp3) is 0.0476. The first kappa shape index (κ1) is 22.6. The second-order valence-electron chi connectivity index (χ2n) is 6.26. The summed E-state index contributed by atoms with van der Waals surface area (Å²) in [5, 5.41) is 14.2. The summed E-state index contributed by atoms with van der Waals surface area (Å²) in [6, 6.07) is 16.1. The van der Waals surface area contributed by atoms with Crippen molar-refractivity contribution in [3.63, 3.8) is 0 Å². The maximum atomic E-state index is 12.9. The molecule has 10 heteroatoms. The van der Waals surface area contributed by atoms with Gasteiger partial charge in [-0.05, 0) is 24.3 Å². The molecule has 3 aromatic rings. The van der Waals surface area contributed by atoms with Gasteiger partial charge < -0.3 is 10.1 Å². The molecule has 0 aliphatic heterocycles. The van der Waals surface area contributed by atoms with Gasteiger partial charge in [-0.25, -0.2) is 4.79 Å². The van der Waals surface area contributed by atoms with Crippen LogP contribution < -0.4 is 5.32 Å². The minimum atomic E-state index is -1.37. The second-order valence-corrected chi connectivity index (χ2v) is 7.54. The summed E-state index contributed by atoms with van der Waals surface area (Å²) in [6.07, 6.45) is -1.37. The molecule has 0 aromatic heterocycles. The molecule has 0 aliphatic carbocycles. The van der Waals surface area contributed by atoms with Crippen LogP contribution in [0.5, 0.6) is 0 Å². The number of ether oxygens (including phenoxy) is 1. The Balaban J connectivity index is 1.91. The molecule has 0 bridgehead atoms. The number of nitro benzene ring substituents is 1. The molecule has 158 valence electrons. The number of non-ortho nitro benzene ring substituents is 1. The van der Waals surface area contributed by atoms with Gasteiger partial charge in [0.05, 0.1) is 15.5 Å². The van der Waals surface area contributed by atoms with Crippen molar-refractivity contribution in [2.75, 3.05) is 5.32 Å². The van der Waals surface area contributed by atoms with Gasteiger partial charge in [0.15, 0.2) is 0 Å². The SMILES string of the molecule is O=C(OC(C(=O)Nc1cc(Cl)cc(Cl)c1)c1ccccc1)c1cc([N+](=O)[O-])ccc1Cl. The number of esters is 1. The quantitative estimate of drug-likeness (QED) is 0.262. The number of anilines is 1. The smallest absolute Gasteiger partial charge is 0.341 e. The lowest BCUT2D eigenvalue weighted by atomic mass is 10.1. The van der Waals surface area contributed by atoms with Crippen molar-refractivity contribution in [2.45, 2.75) is 6.10 Å². The second kappa shape index (κ2) is 9.78. The minimum Gasteiger partial charge on any atom is -0.444 e. The number of hydrogen-bond donors (Lipinski definition) is 1. The summed E-state index contributed by atoms with van der Waals surface area (Å²) >= 11 is 17.9. The molecule has 3 rings (SSSR count). The number of nitrogens with zero attached hydrogens (tertiary/aromatic N) is 1. The Labute approximate surface area is 191 Å². The molecular formula is C21H13Cl3N2O5. The molecule has 0 heterocycles. The summed E-state index contributed by atoms with van der Waals surface area (Å²) in [4.78, 5) is 36.0. The molecule has 1 amide bonds. The van der Waals surface area contributed by atoms with E-state index in [1.54, 1.807) is 30.3 Å². The highest BCUT2D eigenvalue weighted by atomic mass is 35.5. The van der Waals surface area contributed by atoms with Crippen LogP contribution in [-0.4, -0.2) is 16.8 Å². The molecule has 1 atom stereocenters. The molecule has 0 fully saturated rings. The maximum Gasteiger partial charge on any atom is 0.341 e. The highest BCUT2D eigenvalue weighted by molar-refractivity contribution is 6.35. The topological polar surface area (TPSA) is 98.5 Å². The number of benzene rings is 3. The van der Waals surface area contributed by atoms with Crippen LogP contribution in [0.1, 0.15) is 22.0 Å². The largest absolute Gasteiger partial charge is 0.444 e. The van der Waals surface area contributed by atoms with Crippen molar-refractivity contribution in [1.82, 2.24) is 0 Å². The Morgan fingerprint density at radius 3 is 2.19 bits per heavy atom. The van der Waals surface area contributed by atoms with Gasteiger partial charge >= 0.3 is 5.97 Å². The summed E-state index contributed by atoms with van der Waals surface area (Å²) in [6.45, 7) is 0.